The van der Waals surface area contributed by atoms with Crippen LogP contribution in [-0.2, 0) is 24.4 Å². The fourth-order valence-corrected chi connectivity index (χ4v) is 4.13. The molecule has 0 bridgehead atoms. The largest absolute Gasteiger partial charge is 0.456 e. The van der Waals surface area contributed by atoms with E-state index in [0.29, 0.717) is 19.8 Å². The topological polar surface area (TPSA) is 110 Å². The van der Waals surface area contributed by atoms with Gasteiger partial charge in [-0.2, -0.15) is 39.2 Å². The van der Waals surface area contributed by atoms with E-state index in [1.54, 1.807) is 0 Å². The number of hydrogen-bond acceptors (Lipinski definition) is 6. The van der Waals surface area contributed by atoms with E-state index in [9.17, 15) is 49.1 Å². The summed E-state index contributed by atoms with van der Waals surface area (Å²) in [4.78, 5) is 12.3. The Hall–Kier alpha value is -1.45. The Morgan fingerprint density at radius 3 is 2.11 bits per heavy atom. The summed E-state index contributed by atoms with van der Waals surface area (Å²) in [5, 5.41) is 4.41. The minimum atomic E-state index is -6.33. The van der Waals surface area contributed by atoms with Crippen molar-refractivity contribution in [3.8, 4) is 0 Å². The van der Waals surface area contributed by atoms with Gasteiger partial charge in [-0.25, -0.2) is 4.79 Å². The molecule has 7 nitrogen and oxygen atoms in total. The molecule has 0 heterocycles. The molecule has 0 aromatic heterocycles. The van der Waals surface area contributed by atoms with Crippen molar-refractivity contribution in [3.63, 3.8) is 0 Å². The van der Waals surface area contributed by atoms with Gasteiger partial charge >= 0.3 is 33.4 Å². The Kier molecular flexibility index (Phi) is 11.2. The quantitative estimate of drug-likeness (QED) is 0.101. The number of alkyl halides is 7. The highest BCUT2D eigenvalue weighted by Crippen LogP contribution is 2.42. The first kappa shape index (κ1) is 32.6. The number of rotatable bonds is 14. The molecule has 2 atom stereocenters. The van der Waals surface area contributed by atoms with Crippen molar-refractivity contribution in [2.45, 2.75) is 93.8 Å². The number of carbonyl (C=O) groups excluding carboxylic acids is 1. The highest BCUT2D eigenvalue weighted by atomic mass is 32.2. The zero-order valence-corrected chi connectivity index (χ0v) is 20.4. The Morgan fingerprint density at radius 1 is 1.06 bits per heavy atom. The van der Waals surface area contributed by atoms with E-state index in [1.807, 2.05) is 0 Å². The van der Waals surface area contributed by atoms with E-state index in [2.05, 4.69) is 6.58 Å². The zero-order valence-electron chi connectivity index (χ0n) is 19.6. The molecule has 15 heteroatoms. The summed E-state index contributed by atoms with van der Waals surface area (Å²) < 4.78 is 132. The molecule has 1 aliphatic rings. The molecule has 0 aliphatic heterocycles. The summed E-state index contributed by atoms with van der Waals surface area (Å²) >= 11 is 0. The number of hydrogen-bond donors (Lipinski definition) is 2. The first-order valence-electron chi connectivity index (χ1n) is 11.2. The van der Waals surface area contributed by atoms with Crippen molar-refractivity contribution >= 4 is 16.1 Å². The van der Waals surface area contributed by atoms with Gasteiger partial charge in [-0.3, -0.25) is 4.55 Å². The van der Waals surface area contributed by atoms with Gasteiger partial charge in [0.05, 0.1) is 12.2 Å². The van der Waals surface area contributed by atoms with Crippen molar-refractivity contribution in [1.82, 2.24) is 0 Å². The molecule has 2 unspecified atom stereocenters. The summed E-state index contributed by atoms with van der Waals surface area (Å²) in [5.74, 6) is -6.49. The molecule has 1 rings (SSSR count). The van der Waals surface area contributed by atoms with Crippen molar-refractivity contribution in [2.75, 3.05) is 13.2 Å². The molecule has 36 heavy (non-hydrogen) atoms. The van der Waals surface area contributed by atoms with Crippen LogP contribution in [0, 0.1) is 5.92 Å². The molecule has 0 saturated heterocycles. The predicted octanol–water partition coefficient (Wildman–Crippen LogP) is 5.04. The molecule has 0 spiro atoms. The van der Waals surface area contributed by atoms with Crippen LogP contribution in [0.5, 0.6) is 0 Å². The standard InChI is InChI=1S/C21H31F7O7S/c1-14(13-34-11-7-6-10-19(22,23)21(27,28)36(31,32)33)17(29)35-16(18(2,30)20(24,25)26)12-15-8-4-3-5-9-15/h15-16,30H,1,3-13H2,2H3,(H,31,32,33). The van der Waals surface area contributed by atoms with E-state index < -0.39 is 70.2 Å². The second-order valence-electron chi connectivity index (χ2n) is 9.09. The minimum absolute atomic E-state index is 0.179. The molecule has 0 amide bonds. The fourth-order valence-electron chi connectivity index (χ4n) is 3.65. The summed E-state index contributed by atoms with van der Waals surface area (Å²) in [6.07, 6.45) is -5.93. The van der Waals surface area contributed by atoms with Gasteiger partial charge in [-0.15, -0.1) is 0 Å². The van der Waals surface area contributed by atoms with Gasteiger partial charge in [-0.1, -0.05) is 38.7 Å². The lowest BCUT2D eigenvalue weighted by atomic mass is 9.81. The Morgan fingerprint density at radius 2 is 1.61 bits per heavy atom. The third-order valence-corrected chi connectivity index (χ3v) is 7.01. The minimum Gasteiger partial charge on any atom is -0.456 e. The average Bonchev–Trinajstić information content (AvgIpc) is 2.74. The van der Waals surface area contributed by atoms with Gasteiger partial charge in [0.2, 0.25) is 0 Å². The second kappa shape index (κ2) is 12.4. The highest BCUT2D eigenvalue weighted by molar-refractivity contribution is 7.87. The molecule has 0 aromatic rings. The molecular formula is C21H31F7O7S. The molecule has 1 fully saturated rings. The lowest BCUT2D eigenvalue weighted by Crippen LogP contribution is -2.54. The van der Waals surface area contributed by atoms with Crippen LogP contribution in [0.3, 0.4) is 0 Å². The highest BCUT2D eigenvalue weighted by Gasteiger charge is 2.64. The van der Waals surface area contributed by atoms with Gasteiger partial charge in [-0.05, 0) is 32.1 Å². The number of halogens is 7. The third kappa shape index (κ3) is 8.55. The molecule has 1 saturated carbocycles. The summed E-state index contributed by atoms with van der Waals surface area (Å²) in [6.45, 7) is 2.90. The fraction of sp³-hybridized carbons (Fsp3) is 0.857. The number of esters is 1. The van der Waals surface area contributed by atoms with Crippen LogP contribution in [0.1, 0.15) is 64.7 Å². The first-order chi connectivity index (χ1) is 16.2. The lowest BCUT2D eigenvalue weighted by molar-refractivity contribution is -0.286. The van der Waals surface area contributed by atoms with Crippen LogP contribution in [0.2, 0.25) is 0 Å². The van der Waals surface area contributed by atoms with Crippen LogP contribution >= 0.6 is 0 Å². The van der Waals surface area contributed by atoms with Gasteiger partial charge in [0.25, 0.3) is 0 Å². The molecular weight excluding hydrogens is 529 g/mol. The number of aliphatic hydroxyl groups is 1. The SMILES string of the molecule is C=C(COCCCCC(F)(F)C(F)(F)S(=O)(=O)O)C(=O)OC(CC1CCCCC1)C(C)(O)C(F)(F)F. The van der Waals surface area contributed by atoms with E-state index in [1.165, 1.54) is 0 Å². The monoisotopic (exact) mass is 560 g/mol. The van der Waals surface area contributed by atoms with Crippen molar-refractivity contribution in [2.24, 2.45) is 5.92 Å². The van der Waals surface area contributed by atoms with Crippen LogP contribution < -0.4 is 0 Å². The molecule has 0 aromatic carbocycles. The van der Waals surface area contributed by atoms with Gasteiger partial charge < -0.3 is 14.6 Å². The Bertz CT molecular complexity index is 851. The maximum atomic E-state index is 13.4. The number of ether oxygens (including phenoxy) is 2. The van der Waals surface area contributed by atoms with Crippen LogP contribution in [0.4, 0.5) is 30.7 Å². The zero-order chi connectivity index (χ0) is 28.0. The Labute approximate surface area is 204 Å². The van der Waals surface area contributed by atoms with Crippen molar-refractivity contribution in [3.05, 3.63) is 12.2 Å². The summed E-state index contributed by atoms with van der Waals surface area (Å²) in [7, 11) is -6.33. The van der Waals surface area contributed by atoms with Crippen molar-refractivity contribution in [1.29, 1.82) is 0 Å². The Balaban J connectivity index is 2.58. The van der Waals surface area contributed by atoms with Crippen LogP contribution in [0.25, 0.3) is 0 Å². The molecule has 212 valence electrons. The van der Waals surface area contributed by atoms with E-state index in [-0.39, 0.29) is 25.4 Å². The summed E-state index contributed by atoms with van der Waals surface area (Å²) in [5.41, 5.74) is -3.75. The van der Waals surface area contributed by atoms with Crippen LogP contribution in [-0.4, -0.2) is 66.3 Å². The van der Waals surface area contributed by atoms with Crippen molar-refractivity contribution < 1.29 is 63.1 Å². The molecule has 0 radical (unpaired) electrons. The normalized spacial score (nSPS) is 18.9. The van der Waals surface area contributed by atoms with E-state index >= 15 is 0 Å². The van der Waals surface area contributed by atoms with E-state index in [4.69, 9.17) is 14.0 Å². The smallest absolute Gasteiger partial charge is 0.431 e. The van der Waals surface area contributed by atoms with Crippen LogP contribution in [0.15, 0.2) is 12.2 Å². The lowest BCUT2D eigenvalue weighted by Gasteiger charge is -2.36. The number of carbonyl (C=O) groups is 1. The third-order valence-electron chi connectivity index (χ3n) is 6.07. The maximum Gasteiger partial charge on any atom is 0.431 e. The number of unbranched alkanes of at least 4 members (excludes halogenated alkanes) is 1. The maximum absolute atomic E-state index is 13.4. The first-order valence-corrected chi connectivity index (χ1v) is 12.7. The summed E-state index contributed by atoms with van der Waals surface area (Å²) in [6, 6.07) is 0. The van der Waals surface area contributed by atoms with Gasteiger partial charge in [0.1, 0.15) is 6.10 Å². The van der Waals surface area contributed by atoms with E-state index in [0.717, 1.165) is 19.3 Å². The van der Waals surface area contributed by atoms with Gasteiger partial charge in [0.15, 0.2) is 5.60 Å². The predicted molar refractivity (Wildman–Crippen MR) is 113 cm³/mol. The second-order valence-corrected chi connectivity index (χ2v) is 10.6. The van der Waals surface area contributed by atoms with Gasteiger partial charge in [0, 0.05) is 13.0 Å². The molecule has 1 aliphatic carbocycles. The average molecular weight is 561 g/mol. The molecule has 2 N–H and O–H groups in total.